The summed E-state index contributed by atoms with van der Waals surface area (Å²) in [6.45, 7) is 3.83. The van der Waals surface area contributed by atoms with Gasteiger partial charge >= 0.3 is 0 Å². The minimum atomic E-state index is -1.27. The number of carbonyl (C=O) groups is 2. The Morgan fingerprint density at radius 1 is 1.03 bits per heavy atom. The molecule has 0 unspecified atom stereocenters. The monoisotopic (exact) mass is 475 g/mol. The van der Waals surface area contributed by atoms with Gasteiger partial charge in [0.15, 0.2) is 6.61 Å². The van der Waals surface area contributed by atoms with Crippen molar-refractivity contribution in [1.82, 2.24) is 15.2 Å². The SMILES string of the molecule is CC(C)c1ccc([C@@H](NC(=O)[C@@H]2C[C@@H](F)CN2C(=O)COc2cccnc2)c2ccccc2)cc1. The maximum Gasteiger partial charge on any atom is 0.261 e. The predicted octanol–water partition coefficient (Wildman–Crippen LogP) is 4.43. The average molecular weight is 476 g/mol. The lowest BCUT2D eigenvalue weighted by atomic mass is 9.95. The van der Waals surface area contributed by atoms with Gasteiger partial charge in [-0.1, -0.05) is 68.4 Å². The number of aromatic nitrogens is 1. The molecule has 2 amide bonds. The zero-order valence-electron chi connectivity index (χ0n) is 19.9. The van der Waals surface area contributed by atoms with Crippen molar-refractivity contribution in [2.24, 2.45) is 0 Å². The molecule has 1 aromatic heterocycles. The largest absolute Gasteiger partial charge is 0.482 e. The van der Waals surface area contributed by atoms with Crippen molar-refractivity contribution in [3.8, 4) is 5.75 Å². The highest BCUT2D eigenvalue weighted by atomic mass is 19.1. The summed E-state index contributed by atoms with van der Waals surface area (Å²) in [5, 5.41) is 3.07. The number of halogens is 1. The minimum Gasteiger partial charge on any atom is -0.482 e. The fourth-order valence-electron chi connectivity index (χ4n) is 4.29. The zero-order chi connectivity index (χ0) is 24.8. The summed E-state index contributed by atoms with van der Waals surface area (Å²) in [6.07, 6.45) is 1.78. The average Bonchev–Trinajstić information content (AvgIpc) is 3.29. The van der Waals surface area contributed by atoms with Crippen LogP contribution in [0.5, 0.6) is 5.75 Å². The van der Waals surface area contributed by atoms with Gasteiger partial charge in [-0.15, -0.1) is 0 Å². The molecule has 3 aromatic rings. The summed E-state index contributed by atoms with van der Waals surface area (Å²) < 4.78 is 19.9. The van der Waals surface area contributed by atoms with Crippen molar-refractivity contribution in [2.75, 3.05) is 13.2 Å². The Balaban J connectivity index is 1.51. The summed E-state index contributed by atoms with van der Waals surface area (Å²) in [5.74, 6) is 0.00227. The van der Waals surface area contributed by atoms with Crippen molar-refractivity contribution in [3.63, 3.8) is 0 Å². The number of rotatable bonds is 8. The van der Waals surface area contributed by atoms with Gasteiger partial charge < -0.3 is 15.0 Å². The van der Waals surface area contributed by atoms with Gasteiger partial charge in [0, 0.05) is 12.6 Å². The molecule has 2 aromatic carbocycles. The second kappa shape index (κ2) is 11.1. The third kappa shape index (κ3) is 6.04. The summed E-state index contributed by atoms with van der Waals surface area (Å²) in [4.78, 5) is 31.5. The molecule has 2 heterocycles. The number of alkyl halides is 1. The first kappa shape index (κ1) is 24.4. The summed E-state index contributed by atoms with van der Waals surface area (Å²) in [7, 11) is 0. The molecule has 6 nitrogen and oxygen atoms in total. The van der Waals surface area contributed by atoms with Crippen molar-refractivity contribution in [1.29, 1.82) is 0 Å². The van der Waals surface area contributed by atoms with E-state index in [2.05, 4.69) is 36.3 Å². The van der Waals surface area contributed by atoms with Crippen LogP contribution in [0.3, 0.4) is 0 Å². The third-order valence-electron chi connectivity index (χ3n) is 6.23. The number of hydrogen-bond donors (Lipinski definition) is 1. The van der Waals surface area contributed by atoms with Crippen LogP contribution in [0.2, 0.25) is 0 Å². The van der Waals surface area contributed by atoms with E-state index in [0.29, 0.717) is 11.7 Å². The van der Waals surface area contributed by atoms with E-state index in [9.17, 15) is 14.0 Å². The number of ether oxygens (including phenoxy) is 1. The molecule has 1 aliphatic rings. The van der Waals surface area contributed by atoms with Crippen LogP contribution >= 0.6 is 0 Å². The van der Waals surface area contributed by atoms with Crippen LogP contribution in [-0.2, 0) is 9.59 Å². The van der Waals surface area contributed by atoms with E-state index >= 15 is 0 Å². The van der Waals surface area contributed by atoms with Crippen LogP contribution in [0.1, 0.15) is 48.9 Å². The van der Waals surface area contributed by atoms with Crippen LogP contribution in [0.15, 0.2) is 79.1 Å². The Bertz CT molecular complexity index is 1120. The Morgan fingerprint density at radius 3 is 2.37 bits per heavy atom. The molecule has 3 atom stereocenters. The smallest absolute Gasteiger partial charge is 0.261 e. The minimum absolute atomic E-state index is 0.0434. The molecule has 182 valence electrons. The maximum absolute atomic E-state index is 14.4. The zero-order valence-corrected chi connectivity index (χ0v) is 19.9. The van der Waals surface area contributed by atoms with Gasteiger partial charge in [-0.3, -0.25) is 14.6 Å². The number of nitrogens with zero attached hydrogens (tertiary/aromatic N) is 2. The van der Waals surface area contributed by atoms with Crippen molar-refractivity contribution >= 4 is 11.8 Å². The summed E-state index contributed by atoms with van der Waals surface area (Å²) in [5.41, 5.74) is 3.03. The Morgan fingerprint density at radius 2 is 1.71 bits per heavy atom. The number of hydrogen-bond acceptors (Lipinski definition) is 4. The first-order valence-corrected chi connectivity index (χ1v) is 11.8. The molecule has 4 rings (SSSR count). The van der Waals surface area contributed by atoms with E-state index in [0.717, 1.165) is 11.1 Å². The summed E-state index contributed by atoms with van der Waals surface area (Å²) in [6, 6.07) is 19.8. The summed E-state index contributed by atoms with van der Waals surface area (Å²) >= 11 is 0. The molecule has 0 aliphatic carbocycles. The maximum atomic E-state index is 14.4. The van der Waals surface area contributed by atoms with Crippen LogP contribution < -0.4 is 10.1 Å². The van der Waals surface area contributed by atoms with Gasteiger partial charge in [0.1, 0.15) is 18.0 Å². The molecular formula is C28H30FN3O3. The lowest BCUT2D eigenvalue weighted by Gasteiger charge is -2.27. The van der Waals surface area contributed by atoms with Crippen LogP contribution in [0.25, 0.3) is 0 Å². The van der Waals surface area contributed by atoms with Crippen LogP contribution in [-0.4, -0.2) is 47.1 Å². The Kier molecular flexibility index (Phi) is 7.75. The van der Waals surface area contributed by atoms with Crippen LogP contribution in [0, 0.1) is 0 Å². The van der Waals surface area contributed by atoms with Crippen molar-refractivity contribution < 1.29 is 18.7 Å². The highest BCUT2D eigenvalue weighted by Gasteiger charge is 2.40. The van der Waals surface area contributed by atoms with Gasteiger partial charge in [0.05, 0.1) is 18.8 Å². The highest BCUT2D eigenvalue weighted by Crippen LogP contribution is 2.27. The molecule has 0 bridgehead atoms. The number of carbonyl (C=O) groups excluding carboxylic acids is 2. The normalized spacial score (nSPS) is 18.3. The molecule has 0 saturated carbocycles. The lowest BCUT2D eigenvalue weighted by Crippen LogP contribution is -2.48. The van der Waals surface area contributed by atoms with E-state index < -0.39 is 24.2 Å². The fraction of sp³-hybridized carbons (Fsp3) is 0.321. The van der Waals surface area contributed by atoms with Crippen molar-refractivity contribution in [2.45, 2.75) is 44.4 Å². The Labute approximate surface area is 205 Å². The molecule has 1 fully saturated rings. The van der Waals surface area contributed by atoms with Gasteiger partial charge in [0.2, 0.25) is 5.91 Å². The van der Waals surface area contributed by atoms with Gasteiger partial charge in [-0.05, 0) is 34.7 Å². The molecule has 0 spiro atoms. The molecular weight excluding hydrogens is 445 g/mol. The quantitative estimate of drug-likeness (QED) is 0.523. The Hall–Kier alpha value is -3.74. The van der Waals surface area contributed by atoms with Gasteiger partial charge in [0.25, 0.3) is 5.91 Å². The molecule has 1 aliphatic heterocycles. The molecule has 1 saturated heterocycles. The second-order valence-electron chi connectivity index (χ2n) is 9.05. The number of pyridine rings is 1. The predicted molar refractivity (Wildman–Crippen MR) is 132 cm³/mol. The number of likely N-dealkylation sites (tertiary alicyclic amines) is 1. The van der Waals surface area contributed by atoms with E-state index in [4.69, 9.17) is 4.74 Å². The number of benzene rings is 2. The van der Waals surface area contributed by atoms with E-state index in [1.807, 2.05) is 42.5 Å². The van der Waals surface area contributed by atoms with E-state index in [1.54, 1.807) is 18.3 Å². The third-order valence-corrected chi connectivity index (χ3v) is 6.23. The molecule has 7 heteroatoms. The van der Waals surface area contributed by atoms with Crippen molar-refractivity contribution in [3.05, 3.63) is 95.8 Å². The lowest BCUT2D eigenvalue weighted by molar-refractivity contribution is -0.140. The highest BCUT2D eigenvalue weighted by molar-refractivity contribution is 5.89. The van der Waals surface area contributed by atoms with E-state index in [1.165, 1.54) is 16.7 Å². The van der Waals surface area contributed by atoms with Crippen LogP contribution in [0.4, 0.5) is 4.39 Å². The molecule has 35 heavy (non-hydrogen) atoms. The standard InChI is InChI=1S/C28H30FN3O3/c1-19(2)20-10-12-22(13-11-20)27(21-7-4-3-5-8-21)31-28(34)25-15-23(29)17-32(25)26(33)18-35-24-9-6-14-30-16-24/h3-14,16,19,23,25,27H,15,17-18H2,1-2H3,(H,31,34)/t23-,25+,27+/m1/s1. The molecule has 1 N–H and O–H groups in total. The topological polar surface area (TPSA) is 71.5 Å². The van der Waals surface area contributed by atoms with Gasteiger partial charge in [-0.2, -0.15) is 0 Å². The number of amides is 2. The van der Waals surface area contributed by atoms with Gasteiger partial charge in [-0.25, -0.2) is 4.39 Å². The molecule has 0 radical (unpaired) electrons. The first-order chi connectivity index (χ1) is 16.9. The van der Waals surface area contributed by atoms with E-state index in [-0.39, 0.29) is 25.5 Å². The number of nitrogens with one attached hydrogen (secondary N) is 1. The second-order valence-corrected chi connectivity index (χ2v) is 9.05. The first-order valence-electron chi connectivity index (χ1n) is 11.8. The fourth-order valence-corrected chi connectivity index (χ4v) is 4.29.